The highest BCUT2D eigenvalue weighted by Gasteiger charge is 2.14. The van der Waals surface area contributed by atoms with Crippen LogP contribution in [0.4, 0.5) is 4.79 Å². The van der Waals surface area contributed by atoms with Gasteiger partial charge in [0.25, 0.3) is 0 Å². The topological polar surface area (TPSA) is 129 Å². The van der Waals surface area contributed by atoms with Gasteiger partial charge < -0.3 is 11.6 Å². The van der Waals surface area contributed by atoms with Crippen molar-refractivity contribution in [3.63, 3.8) is 0 Å². The summed E-state index contributed by atoms with van der Waals surface area (Å²) >= 11 is 1.08. The molecule has 0 aromatic carbocycles. The Bertz CT molecular complexity index is 430. The number of rotatable bonds is 4. The van der Waals surface area contributed by atoms with Gasteiger partial charge in [0.05, 0.1) is 5.75 Å². The molecule has 1 heterocycles. The van der Waals surface area contributed by atoms with Gasteiger partial charge in [-0.25, -0.2) is 9.47 Å². The molecule has 0 bridgehead atoms. The maximum atomic E-state index is 11.1. The minimum atomic E-state index is -0.882. The van der Waals surface area contributed by atoms with Crippen molar-refractivity contribution < 1.29 is 9.59 Å². The van der Waals surface area contributed by atoms with Gasteiger partial charge in [-0.2, -0.15) is 0 Å². The molecule has 0 aliphatic heterocycles. The van der Waals surface area contributed by atoms with Crippen LogP contribution in [0.15, 0.2) is 5.16 Å². The van der Waals surface area contributed by atoms with Crippen LogP contribution in [-0.4, -0.2) is 32.6 Å². The van der Waals surface area contributed by atoms with Gasteiger partial charge in [-0.3, -0.25) is 10.1 Å². The standard InChI is InChI=1S/C8H14N6O2S/c1-4(2)6-12-13-8(14(6)10)17-3-5(15)11-7(9)16/h4H,3,10H2,1-2H3,(H3,9,11,15,16). The second-order valence-corrected chi connectivity index (χ2v) is 4.51. The van der Waals surface area contributed by atoms with E-state index in [9.17, 15) is 9.59 Å². The molecule has 0 aliphatic rings. The van der Waals surface area contributed by atoms with Crippen molar-refractivity contribution in [2.45, 2.75) is 24.9 Å². The van der Waals surface area contributed by atoms with Crippen molar-refractivity contribution in [3.05, 3.63) is 5.82 Å². The third-order valence-corrected chi connectivity index (χ3v) is 2.75. The van der Waals surface area contributed by atoms with E-state index in [4.69, 9.17) is 11.6 Å². The highest BCUT2D eigenvalue weighted by atomic mass is 32.2. The van der Waals surface area contributed by atoms with Crippen molar-refractivity contribution >= 4 is 23.7 Å². The fourth-order valence-corrected chi connectivity index (χ4v) is 1.75. The number of hydrogen-bond donors (Lipinski definition) is 3. The summed E-state index contributed by atoms with van der Waals surface area (Å²) in [5.74, 6) is 6.00. The van der Waals surface area contributed by atoms with Gasteiger partial charge in [0.15, 0.2) is 5.82 Å². The second-order valence-electron chi connectivity index (χ2n) is 3.57. The van der Waals surface area contributed by atoms with Crippen LogP contribution < -0.4 is 16.9 Å². The third kappa shape index (κ3) is 3.63. The third-order valence-electron chi connectivity index (χ3n) is 1.80. The summed E-state index contributed by atoms with van der Waals surface area (Å²) in [5.41, 5.74) is 4.80. The fraction of sp³-hybridized carbons (Fsp3) is 0.500. The number of urea groups is 1. The Balaban J connectivity index is 2.58. The lowest BCUT2D eigenvalue weighted by Crippen LogP contribution is -2.36. The number of primary amides is 1. The highest BCUT2D eigenvalue weighted by Crippen LogP contribution is 2.18. The SMILES string of the molecule is CC(C)c1nnc(SCC(=O)NC(N)=O)n1N. The van der Waals surface area contributed by atoms with Crippen LogP contribution >= 0.6 is 11.8 Å². The van der Waals surface area contributed by atoms with Gasteiger partial charge in [0.2, 0.25) is 11.1 Å². The van der Waals surface area contributed by atoms with Gasteiger partial charge in [-0.1, -0.05) is 25.6 Å². The van der Waals surface area contributed by atoms with Crippen molar-refractivity contribution in [2.75, 3.05) is 11.6 Å². The number of imide groups is 1. The summed E-state index contributed by atoms with van der Waals surface area (Å²) in [5, 5.41) is 10.1. The zero-order valence-corrected chi connectivity index (χ0v) is 10.3. The molecule has 1 rings (SSSR count). The zero-order valence-electron chi connectivity index (χ0n) is 9.51. The van der Waals surface area contributed by atoms with Crippen molar-refractivity contribution in [1.29, 1.82) is 0 Å². The number of carbonyl (C=O) groups is 2. The van der Waals surface area contributed by atoms with Gasteiger partial charge in [0.1, 0.15) is 0 Å². The number of thioether (sulfide) groups is 1. The van der Waals surface area contributed by atoms with E-state index in [2.05, 4.69) is 10.2 Å². The van der Waals surface area contributed by atoms with Gasteiger partial charge >= 0.3 is 6.03 Å². The molecule has 8 nitrogen and oxygen atoms in total. The van der Waals surface area contributed by atoms with E-state index in [1.165, 1.54) is 4.68 Å². The van der Waals surface area contributed by atoms with Crippen LogP contribution in [0.25, 0.3) is 0 Å². The number of nitrogens with zero attached hydrogens (tertiary/aromatic N) is 3. The molecule has 0 radical (unpaired) electrons. The predicted octanol–water partition coefficient (Wildman–Crippen LogP) is -0.598. The Kier molecular flexibility index (Phi) is 4.32. The molecule has 0 fully saturated rings. The van der Waals surface area contributed by atoms with E-state index < -0.39 is 11.9 Å². The summed E-state index contributed by atoms with van der Waals surface area (Å²) in [6, 6.07) is -0.882. The molecule has 94 valence electrons. The number of aromatic nitrogens is 3. The Morgan fingerprint density at radius 2 is 2.12 bits per heavy atom. The quantitative estimate of drug-likeness (QED) is 0.488. The second kappa shape index (κ2) is 5.53. The van der Waals surface area contributed by atoms with Crippen LogP contribution in [0.2, 0.25) is 0 Å². The largest absolute Gasteiger partial charge is 0.351 e. The highest BCUT2D eigenvalue weighted by molar-refractivity contribution is 7.99. The maximum absolute atomic E-state index is 11.1. The molecule has 5 N–H and O–H groups in total. The number of nitrogens with two attached hydrogens (primary N) is 2. The smallest absolute Gasteiger partial charge is 0.318 e. The first-order valence-corrected chi connectivity index (χ1v) is 5.82. The monoisotopic (exact) mass is 258 g/mol. The lowest BCUT2D eigenvalue weighted by Gasteiger charge is -2.05. The molecule has 0 spiro atoms. The Morgan fingerprint density at radius 3 is 2.59 bits per heavy atom. The number of nitrogens with one attached hydrogen (secondary N) is 1. The van der Waals surface area contributed by atoms with Gasteiger partial charge in [0, 0.05) is 5.92 Å². The molecule has 0 atom stereocenters. The Morgan fingerprint density at radius 1 is 1.47 bits per heavy atom. The first-order valence-electron chi connectivity index (χ1n) is 4.84. The number of hydrogen-bond acceptors (Lipinski definition) is 6. The van der Waals surface area contributed by atoms with E-state index in [1.807, 2.05) is 19.2 Å². The average molecular weight is 258 g/mol. The molecule has 0 unspecified atom stereocenters. The number of amides is 3. The van der Waals surface area contributed by atoms with Crippen LogP contribution in [0.3, 0.4) is 0 Å². The Labute approximate surface area is 102 Å². The fourth-order valence-electron chi connectivity index (χ4n) is 1.08. The van der Waals surface area contributed by atoms with Crippen molar-refractivity contribution in [3.8, 4) is 0 Å². The maximum Gasteiger partial charge on any atom is 0.318 e. The summed E-state index contributed by atoms with van der Waals surface area (Å²) in [4.78, 5) is 21.6. The normalized spacial score (nSPS) is 10.5. The van der Waals surface area contributed by atoms with Gasteiger partial charge in [-0.05, 0) is 0 Å². The van der Waals surface area contributed by atoms with E-state index in [0.717, 1.165) is 11.8 Å². The van der Waals surface area contributed by atoms with Gasteiger partial charge in [-0.15, -0.1) is 10.2 Å². The Hall–Kier alpha value is -1.77. The van der Waals surface area contributed by atoms with Crippen molar-refractivity contribution in [2.24, 2.45) is 5.73 Å². The van der Waals surface area contributed by atoms with Crippen LogP contribution in [-0.2, 0) is 4.79 Å². The first kappa shape index (κ1) is 13.3. The molecule has 17 heavy (non-hydrogen) atoms. The molecule has 1 aromatic heterocycles. The molecule has 3 amide bonds. The van der Waals surface area contributed by atoms with Crippen LogP contribution in [0.5, 0.6) is 0 Å². The van der Waals surface area contributed by atoms with E-state index in [-0.39, 0.29) is 11.7 Å². The molecule has 0 aliphatic carbocycles. The van der Waals surface area contributed by atoms with E-state index in [1.54, 1.807) is 0 Å². The van der Waals surface area contributed by atoms with E-state index >= 15 is 0 Å². The number of nitrogen functional groups attached to an aromatic ring is 1. The zero-order chi connectivity index (χ0) is 13.0. The molecule has 0 saturated heterocycles. The molecular formula is C8H14N6O2S. The molecule has 9 heteroatoms. The lowest BCUT2D eigenvalue weighted by atomic mass is 10.2. The summed E-state index contributed by atoms with van der Waals surface area (Å²) < 4.78 is 1.33. The number of carbonyl (C=O) groups excluding carboxylic acids is 2. The summed E-state index contributed by atoms with van der Waals surface area (Å²) in [6.45, 7) is 3.86. The minimum Gasteiger partial charge on any atom is -0.351 e. The van der Waals surface area contributed by atoms with Crippen LogP contribution in [0, 0.1) is 0 Å². The van der Waals surface area contributed by atoms with E-state index in [0.29, 0.717) is 11.0 Å². The minimum absolute atomic E-state index is 0.00360. The van der Waals surface area contributed by atoms with Crippen molar-refractivity contribution in [1.82, 2.24) is 20.2 Å². The average Bonchev–Trinajstić information content (AvgIpc) is 2.55. The predicted molar refractivity (Wildman–Crippen MR) is 62.7 cm³/mol. The summed E-state index contributed by atoms with van der Waals surface area (Å²) in [6.07, 6.45) is 0. The van der Waals surface area contributed by atoms with Crippen LogP contribution in [0.1, 0.15) is 25.6 Å². The molecule has 0 saturated carbocycles. The molecular weight excluding hydrogens is 244 g/mol. The summed E-state index contributed by atoms with van der Waals surface area (Å²) in [7, 11) is 0. The molecule has 1 aromatic rings. The lowest BCUT2D eigenvalue weighted by molar-refractivity contribution is -0.117. The first-order chi connectivity index (χ1) is 7.91.